The van der Waals surface area contributed by atoms with Crippen molar-refractivity contribution in [2.75, 3.05) is 4.90 Å². The molecule has 0 aliphatic carbocycles. The summed E-state index contributed by atoms with van der Waals surface area (Å²) in [5.74, 6) is 0. The van der Waals surface area contributed by atoms with Gasteiger partial charge in [-0.05, 0) is 114 Å². The molecule has 0 amide bonds. The van der Waals surface area contributed by atoms with E-state index in [9.17, 15) is 0 Å². The molecule has 0 unspecified atom stereocenters. The van der Waals surface area contributed by atoms with E-state index in [1.165, 1.54) is 71.3 Å². The van der Waals surface area contributed by atoms with E-state index < -0.39 is 0 Å². The van der Waals surface area contributed by atoms with Gasteiger partial charge in [0.25, 0.3) is 0 Å². The molecule has 55 heavy (non-hydrogen) atoms. The zero-order valence-corrected chi connectivity index (χ0v) is 30.3. The van der Waals surface area contributed by atoms with Gasteiger partial charge in [-0.15, -0.1) is 0 Å². The lowest BCUT2D eigenvalue weighted by Gasteiger charge is -2.29. The van der Waals surface area contributed by atoms with Crippen LogP contribution in [0.15, 0.2) is 224 Å². The lowest BCUT2D eigenvalue weighted by Crippen LogP contribution is -2.11. The molecule has 0 heterocycles. The minimum absolute atomic E-state index is 1.09. The van der Waals surface area contributed by atoms with E-state index in [2.05, 4.69) is 229 Å². The monoisotopic (exact) mass is 699 g/mol. The third kappa shape index (κ3) is 6.02. The van der Waals surface area contributed by atoms with Crippen LogP contribution in [0.25, 0.3) is 76.8 Å². The quantitative estimate of drug-likeness (QED) is 0.150. The highest BCUT2D eigenvalue weighted by molar-refractivity contribution is 6.24. The molecular formula is C54H37N. The first-order chi connectivity index (χ1) is 27.3. The Morgan fingerprint density at radius 3 is 1.51 bits per heavy atom. The number of anilines is 3. The highest BCUT2D eigenvalue weighted by Crippen LogP contribution is 2.46. The molecule has 0 saturated carbocycles. The van der Waals surface area contributed by atoms with Crippen molar-refractivity contribution >= 4 is 49.4 Å². The molecule has 10 rings (SSSR count). The van der Waals surface area contributed by atoms with Gasteiger partial charge in [-0.25, -0.2) is 0 Å². The summed E-state index contributed by atoms with van der Waals surface area (Å²) in [4.78, 5) is 2.42. The van der Waals surface area contributed by atoms with Gasteiger partial charge in [0.2, 0.25) is 0 Å². The summed E-state index contributed by atoms with van der Waals surface area (Å²) in [5, 5.41) is 7.61. The lowest BCUT2D eigenvalue weighted by atomic mass is 9.89. The molecule has 0 aliphatic rings. The number of nitrogens with zero attached hydrogens (tertiary/aromatic N) is 1. The molecule has 0 bridgehead atoms. The summed E-state index contributed by atoms with van der Waals surface area (Å²) in [6.07, 6.45) is 0. The van der Waals surface area contributed by atoms with Gasteiger partial charge < -0.3 is 4.90 Å². The van der Waals surface area contributed by atoms with Crippen LogP contribution >= 0.6 is 0 Å². The van der Waals surface area contributed by atoms with Crippen LogP contribution < -0.4 is 4.90 Å². The summed E-state index contributed by atoms with van der Waals surface area (Å²) < 4.78 is 0. The first kappa shape index (κ1) is 32.4. The van der Waals surface area contributed by atoms with Crippen molar-refractivity contribution in [2.24, 2.45) is 0 Å². The topological polar surface area (TPSA) is 3.24 Å². The number of fused-ring (bicyclic) bond motifs is 5. The maximum atomic E-state index is 2.42. The molecule has 258 valence electrons. The van der Waals surface area contributed by atoms with Crippen molar-refractivity contribution in [1.29, 1.82) is 0 Å². The van der Waals surface area contributed by atoms with E-state index >= 15 is 0 Å². The third-order valence-electron chi connectivity index (χ3n) is 10.8. The molecule has 0 fully saturated rings. The minimum atomic E-state index is 1.09. The van der Waals surface area contributed by atoms with Crippen LogP contribution in [0.2, 0.25) is 0 Å². The third-order valence-corrected chi connectivity index (χ3v) is 10.8. The Hall–Kier alpha value is -7.22. The first-order valence-corrected chi connectivity index (χ1v) is 18.9. The molecule has 0 N–H and O–H groups in total. The fourth-order valence-corrected chi connectivity index (χ4v) is 8.17. The lowest BCUT2D eigenvalue weighted by molar-refractivity contribution is 1.28. The van der Waals surface area contributed by atoms with Crippen molar-refractivity contribution in [3.63, 3.8) is 0 Å². The van der Waals surface area contributed by atoms with Crippen LogP contribution in [0.3, 0.4) is 0 Å². The van der Waals surface area contributed by atoms with Crippen LogP contribution in [-0.2, 0) is 0 Å². The standard InChI is InChI=1S/C54H37N/c1-4-15-38(16-5-1)40-27-31-46(32-28-40)55(47-24-14-23-43(35-47)39-17-6-2-7-18-39)53-34-30-45(37-52(53)41-19-8-3-9-20-41)51-36-44-22-11-13-26-49(44)54-48-25-12-10-21-42(48)29-33-50(51)54/h1-37H. The molecule has 0 saturated heterocycles. The van der Waals surface area contributed by atoms with Gasteiger partial charge in [0.1, 0.15) is 0 Å². The van der Waals surface area contributed by atoms with E-state index in [-0.39, 0.29) is 0 Å². The Labute approximate surface area is 322 Å². The second kappa shape index (κ2) is 14.0. The van der Waals surface area contributed by atoms with Crippen molar-refractivity contribution < 1.29 is 0 Å². The molecule has 0 spiro atoms. The van der Waals surface area contributed by atoms with Crippen molar-refractivity contribution in [2.45, 2.75) is 0 Å². The maximum Gasteiger partial charge on any atom is 0.0540 e. The predicted octanol–water partition coefficient (Wildman–Crippen LogP) is 15.3. The normalized spacial score (nSPS) is 11.3. The Kier molecular flexibility index (Phi) is 8.24. The Morgan fingerprint density at radius 2 is 0.800 bits per heavy atom. The predicted molar refractivity (Wildman–Crippen MR) is 235 cm³/mol. The Balaban J connectivity index is 1.21. The van der Waals surface area contributed by atoms with E-state index in [4.69, 9.17) is 0 Å². The van der Waals surface area contributed by atoms with E-state index in [0.717, 1.165) is 22.6 Å². The number of benzene rings is 10. The van der Waals surface area contributed by atoms with Gasteiger partial charge in [0.15, 0.2) is 0 Å². The van der Waals surface area contributed by atoms with Crippen LogP contribution in [0.4, 0.5) is 17.1 Å². The zero-order chi connectivity index (χ0) is 36.6. The van der Waals surface area contributed by atoms with Gasteiger partial charge in [-0.2, -0.15) is 0 Å². The smallest absolute Gasteiger partial charge is 0.0540 e. The average Bonchev–Trinajstić information content (AvgIpc) is 3.27. The average molecular weight is 700 g/mol. The first-order valence-electron chi connectivity index (χ1n) is 18.9. The second-order valence-corrected chi connectivity index (χ2v) is 14.1. The van der Waals surface area contributed by atoms with Crippen molar-refractivity contribution in [3.8, 4) is 44.5 Å². The molecule has 0 radical (unpaired) electrons. The van der Waals surface area contributed by atoms with Gasteiger partial charge >= 0.3 is 0 Å². The highest BCUT2D eigenvalue weighted by Gasteiger charge is 2.20. The molecule has 10 aromatic rings. The fraction of sp³-hybridized carbons (Fsp3) is 0. The van der Waals surface area contributed by atoms with E-state index in [1.807, 2.05) is 0 Å². The van der Waals surface area contributed by atoms with Crippen LogP contribution in [0, 0.1) is 0 Å². The molecule has 1 heteroatoms. The van der Waals surface area contributed by atoms with Crippen LogP contribution in [-0.4, -0.2) is 0 Å². The molecule has 0 aliphatic heterocycles. The molecule has 0 atom stereocenters. The highest BCUT2D eigenvalue weighted by atomic mass is 15.1. The molecule has 1 nitrogen and oxygen atoms in total. The van der Waals surface area contributed by atoms with E-state index in [0.29, 0.717) is 0 Å². The van der Waals surface area contributed by atoms with Gasteiger partial charge in [0.05, 0.1) is 5.69 Å². The summed E-state index contributed by atoms with van der Waals surface area (Å²) >= 11 is 0. The fourth-order valence-electron chi connectivity index (χ4n) is 8.17. The second-order valence-electron chi connectivity index (χ2n) is 14.1. The molecule has 10 aromatic carbocycles. The Bertz CT molecular complexity index is 2930. The van der Waals surface area contributed by atoms with Gasteiger partial charge in [-0.3, -0.25) is 0 Å². The van der Waals surface area contributed by atoms with Gasteiger partial charge in [0, 0.05) is 16.9 Å². The van der Waals surface area contributed by atoms with E-state index in [1.54, 1.807) is 0 Å². The largest absolute Gasteiger partial charge is 0.310 e. The summed E-state index contributed by atoms with van der Waals surface area (Å²) in [5.41, 5.74) is 12.8. The maximum absolute atomic E-state index is 2.42. The van der Waals surface area contributed by atoms with Crippen molar-refractivity contribution in [3.05, 3.63) is 224 Å². The summed E-state index contributed by atoms with van der Waals surface area (Å²) in [6.45, 7) is 0. The Morgan fingerprint density at radius 1 is 0.255 bits per heavy atom. The number of hydrogen-bond donors (Lipinski definition) is 0. The summed E-state index contributed by atoms with van der Waals surface area (Å²) in [6, 6.07) is 81.5. The molecule has 0 aromatic heterocycles. The van der Waals surface area contributed by atoms with Gasteiger partial charge in [-0.1, -0.05) is 182 Å². The summed E-state index contributed by atoms with van der Waals surface area (Å²) in [7, 11) is 0. The number of rotatable bonds is 7. The molecular weight excluding hydrogens is 663 g/mol. The number of hydrogen-bond acceptors (Lipinski definition) is 1. The SMILES string of the molecule is c1ccc(-c2ccc(N(c3cccc(-c4ccccc4)c3)c3ccc(-c4cc5ccccc5c5c4ccc4ccccc45)cc3-c3ccccc3)cc2)cc1. The minimum Gasteiger partial charge on any atom is -0.310 e. The zero-order valence-electron chi connectivity index (χ0n) is 30.3. The van der Waals surface area contributed by atoms with Crippen molar-refractivity contribution in [1.82, 2.24) is 0 Å². The van der Waals surface area contributed by atoms with Crippen LogP contribution in [0.1, 0.15) is 0 Å². The van der Waals surface area contributed by atoms with Crippen LogP contribution in [0.5, 0.6) is 0 Å².